The van der Waals surface area contributed by atoms with Crippen molar-refractivity contribution in [3.8, 4) is 0 Å². The molecule has 1 aliphatic heterocycles. The van der Waals surface area contributed by atoms with Crippen molar-refractivity contribution in [2.24, 2.45) is 5.92 Å². The molecule has 2 heteroatoms. The minimum atomic E-state index is 0.299. The molecule has 1 fully saturated rings. The standard InChI is InChI=1S/C15H22ClN/c1-12(2)6-5-9-15(10-17-11-15)13-7-3-4-8-14(13)16/h3-4,7-8,12,17H,5-6,9-11H2,1-2H3. The maximum atomic E-state index is 6.33. The van der Waals surface area contributed by atoms with Crippen LogP contribution in [0.3, 0.4) is 0 Å². The summed E-state index contributed by atoms with van der Waals surface area (Å²) in [6.07, 6.45) is 3.86. The molecule has 0 spiro atoms. The highest BCUT2D eigenvalue weighted by atomic mass is 35.5. The molecular formula is C15H22ClN. The van der Waals surface area contributed by atoms with Crippen molar-refractivity contribution in [2.75, 3.05) is 13.1 Å². The first-order valence-electron chi connectivity index (χ1n) is 6.60. The minimum Gasteiger partial charge on any atom is -0.315 e. The Morgan fingerprint density at radius 2 is 2.00 bits per heavy atom. The van der Waals surface area contributed by atoms with Crippen LogP contribution >= 0.6 is 11.6 Å². The Morgan fingerprint density at radius 3 is 2.53 bits per heavy atom. The van der Waals surface area contributed by atoms with Crippen LogP contribution in [0.2, 0.25) is 5.02 Å². The molecule has 0 radical (unpaired) electrons. The van der Waals surface area contributed by atoms with Gasteiger partial charge in [0, 0.05) is 23.5 Å². The van der Waals surface area contributed by atoms with Gasteiger partial charge in [-0.3, -0.25) is 0 Å². The van der Waals surface area contributed by atoms with Crippen LogP contribution < -0.4 is 5.32 Å². The Morgan fingerprint density at radius 1 is 1.29 bits per heavy atom. The van der Waals surface area contributed by atoms with E-state index in [1.165, 1.54) is 24.8 Å². The smallest absolute Gasteiger partial charge is 0.0444 e. The van der Waals surface area contributed by atoms with E-state index in [1.807, 2.05) is 12.1 Å². The molecule has 1 nitrogen and oxygen atoms in total. The molecule has 0 bridgehead atoms. The normalized spacial score (nSPS) is 18.1. The largest absolute Gasteiger partial charge is 0.315 e. The topological polar surface area (TPSA) is 12.0 Å². The van der Waals surface area contributed by atoms with E-state index in [0.29, 0.717) is 5.41 Å². The maximum absolute atomic E-state index is 6.33. The van der Waals surface area contributed by atoms with E-state index in [9.17, 15) is 0 Å². The van der Waals surface area contributed by atoms with Gasteiger partial charge in [-0.2, -0.15) is 0 Å². The van der Waals surface area contributed by atoms with Crippen molar-refractivity contribution in [1.29, 1.82) is 0 Å². The summed E-state index contributed by atoms with van der Waals surface area (Å²) < 4.78 is 0. The highest BCUT2D eigenvalue weighted by Gasteiger charge is 2.39. The third-order valence-corrected chi connectivity index (χ3v) is 4.14. The van der Waals surface area contributed by atoms with Gasteiger partial charge in [0.15, 0.2) is 0 Å². The molecule has 1 heterocycles. The van der Waals surface area contributed by atoms with Crippen LogP contribution in [0.4, 0.5) is 0 Å². The van der Waals surface area contributed by atoms with Gasteiger partial charge in [-0.25, -0.2) is 0 Å². The van der Waals surface area contributed by atoms with E-state index in [1.54, 1.807) is 0 Å². The van der Waals surface area contributed by atoms with Gasteiger partial charge in [-0.15, -0.1) is 0 Å². The Kier molecular flexibility index (Phi) is 4.11. The van der Waals surface area contributed by atoms with Crippen LogP contribution in [0.15, 0.2) is 24.3 Å². The average Bonchev–Trinajstić information content (AvgIpc) is 2.23. The summed E-state index contributed by atoms with van der Waals surface area (Å²) in [5.41, 5.74) is 1.64. The zero-order valence-corrected chi connectivity index (χ0v) is 11.6. The van der Waals surface area contributed by atoms with Crippen LogP contribution in [-0.2, 0) is 5.41 Å². The molecule has 1 aliphatic rings. The van der Waals surface area contributed by atoms with Crippen molar-refractivity contribution in [3.63, 3.8) is 0 Å². The predicted molar refractivity (Wildman–Crippen MR) is 74.7 cm³/mol. The van der Waals surface area contributed by atoms with Gasteiger partial charge in [-0.05, 0) is 24.0 Å². The van der Waals surface area contributed by atoms with E-state index in [4.69, 9.17) is 11.6 Å². The van der Waals surface area contributed by atoms with Crippen molar-refractivity contribution in [3.05, 3.63) is 34.9 Å². The quantitative estimate of drug-likeness (QED) is 0.834. The van der Waals surface area contributed by atoms with Gasteiger partial charge in [-0.1, -0.05) is 56.5 Å². The van der Waals surface area contributed by atoms with E-state index < -0.39 is 0 Å². The van der Waals surface area contributed by atoms with Gasteiger partial charge in [0.1, 0.15) is 0 Å². The fourth-order valence-electron chi connectivity index (χ4n) is 2.67. The van der Waals surface area contributed by atoms with Gasteiger partial charge in [0.2, 0.25) is 0 Å². The second-order valence-corrected chi connectivity index (χ2v) is 6.06. The third-order valence-electron chi connectivity index (χ3n) is 3.81. The molecule has 2 rings (SSSR count). The van der Waals surface area contributed by atoms with Gasteiger partial charge in [0.25, 0.3) is 0 Å². The highest BCUT2D eigenvalue weighted by molar-refractivity contribution is 6.31. The molecular weight excluding hydrogens is 230 g/mol. The molecule has 0 aromatic heterocycles. The van der Waals surface area contributed by atoms with E-state index in [2.05, 4.69) is 31.3 Å². The van der Waals surface area contributed by atoms with Crippen LogP contribution in [0.25, 0.3) is 0 Å². The molecule has 1 aromatic carbocycles. The molecule has 0 unspecified atom stereocenters. The molecule has 0 saturated carbocycles. The number of hydrogen-bond donors (Lipinski definition) is 1. The Balaban J connectivity index is 2.07. The number of nitrogens with one attached hydrogen (secondary N) is 1. The summed E-state index contributed by atoms with van der Waals surface area (Å²) >= 11 is 6.33. The minimum absolute atomic E-state index is 0.299. The fraction of sp³-hybridized carbons (Fsp3) is 0.600. The maximum Gasteiger partial charge on any atom is 0.0444 e. The lowest BCUT2D eigenvalue weighted by Gasteiger charge is -2.44. The number of halogens is 1. The van der Waals surface area contributed by atoms with Gasteiger partial charge < -0.3 is 5.32 Å². The lowest BCUT2D eigenvalue weighted by molar-refractivity contribution is 0.246. The number of rotatable bonds is 5. The lowest BCUT2D eigenvalue weighted by atomic mass is 9.71. The molecule has 0 amide bonds. The van der Waals surface area contributed by atoms with Crippen molar-refractivity contribution in [2.45, 2.75) is 38.5 Å². The first-order chi connectivity index (χ1) is 8.14. The monoisotopic (exact) mass is 251 g/mol. The van der Waals surface area contributed by atoms with Crippen molar-refractivity contribution >= 4 is 11.6 Å². The summed E-state index contributed by atoms with van der Waals surface area (Å²) in [7, 11) is 0. The summed E-state index contributed by atoms with van der Waals surface area (Å²) in [5, 5.41) is 4.34. The Bertz CT molecular complexity index is 369. The molecule has 1 N–H and O–H groups in total. The van der Waals surface area contributed by atoms with Crippen molar-refractivity contribution < 1.29 is 0 Å². The van der Waals surface area contributed by atoms with E-state index >= 15 is 0 Å². The zero-order valence-electron chi connectivity index (χ0n) is 10.8. The van der Waals surface area contributed by atoms with Crippen LogP contribution in [0.5, 0.6) is 0 Å². The Labute approximate surface area is 110 Å². The molecule has 94 valence electrons. The third kappa shape index (κ3) is 2.83. The van der Waals surface area contributed by atoms with Crippen LogP contribution in [0, 0.1) is 5.92 Å². The molecule has 1 aromatic rings. The van der Waals surface area contributed by atoms with Crippen LogP contribution in [-0.4, -0.2) is 13.1 Å². The second-order valence-electron chi connectivity index (χ2n) is 5.65. The SMILES string of the molecule is CC(C)CCCC1(c2ccccc2Cl)CNC1. The van der Waals surface area contributed by atoms with Gasteiger partial charge >= 0.3 is 0 Å². The second kappa shape index (κ2) is 5.41. The van der Waals surface area contributed by atoms with E-state index in [-0.39, 0.29) is 0 Å². The summed E-state index contributed by atoms with van der Waals surface area (Å²) in [5.74, 6) is 0.798. The van der Waals surface area contributed by atoms with Crippen LogP contribution in [0.1, 0.15) is 38.7 Å². The number of hydrogen-bond acceptors (Lipinski definition) is 1. The van der Waals surface area contributed by atoms with E-state index in [0.717, 1.165) is 24.0 Å². The first-order valence-corrected chi connectivity index (χ1v) is 6.98. The molecule has 17 heavy (non-hydrogen) atoms. The Hall–Kier alpha value is -0.530. The summed E-state index contributed by atoms with van der Waals surface area (Å²) in [4.78, 5) is 0. The number of benzene rings is 1. The fourth-order valence-corrected chi connectivity index (χ4v) is 3.00. The average molecular weight is 252 g/mol. The highest BCUT2D eigenvalue weighted by Crippen LogP contribution is 2.38. The molecule has 0 aliphatic carbocycles. The lowest BCUT2D eigenvalue weighted by Crippen LogP contribution is -2.56. The van der Waals surface area contributed by atoms with Gasteiger partial charge in [0.05, 0.1) is 0 Å². The molecule has 1 saturated heterocycles. The summed E-state index contributed by atoms with van der Waals surface area (Å²) in [6, 6.07) is 8.32. The first kappa shape index (κ1) is 12.9. The predicted octanol–water partition coefficient (Wildman–Crippen LogP) is 4.01. The molecule has 0 atom stereocenters. The van der Waals surface area contributed by atoms with Crippen molar-refractivity contribution in [1.82, 2.24) is 5.32 Å². The summed E-state index contributed by atoms with van der Waals surface area (Å²) in [6.45, 7) is 6.74. The zero-order chi connectivity index (χ0) is 12.3.